The summed E-state index contributed by atoms with van der Waals surface area (Å²) < 4.78 is 34.1. The minimum absolute atomic E-state index is 0.0474. The highest BCUT2D eigenvalue weighted by Crippen LogP contribution is 2.64. The van der Waals surface area contributed by atoms with Crippen LogP contribution in [0.5, 0.6) is 0 Å². The number of hydrogen-bond donors (Lipinski definition) is 0. The van der Waals surface area contributed by atoms with E-state index < -0.39 is 26.9 Å². The van der Waals surface area contributed by atoms with Crippen molar-refractivity contribution in [2.75, 3.05) is 6.61 Å². The van der Waals surface area contributed by atoms with E-state index in [1.54, 1.807) is 37.3 Å². The summed E-state index contributed by atoms with van der Waals surface area (Å²) in [5.74, 6) is -0.770. The Labute approximate surface area is 183 Å². The molecule has 0 amide bonds. The molecule has 1 spiro atoms. The van der Waals surface area contributed by atoms with Gasteiger partial charge in [0.1, 0.15) is 0 Å². The first-order chi connectivity index (χ1) is 14.6. The normalized spacial score (nSPS) is 30.0. The maximum atomic E-state index is 13.8. The molecule has 1 aliphatic heterocycles. The highest BCUT2D eigenvalue weighted by molar-refractivity contribution is 7.89. The largest absolute Gasteiger partial charge is 0.463 e. The lowest BCUT2D eigenvalue weighted by Gasteiger charge is -2.40. The van der Waals surface area contributed by atoms with E-state index in [0.29, 0.717) is 24.1 Å². The predicted molar refractivity (Wildman–Crippen MR) is 116 cm³/mol. The molecule has 1 saturated heterocycles. The van der Waals surface area contributed by atoms with Crippen molar-refractivity contribution >= 4 is 21.8 Å². The van der Waals surface area contributed by atoms with Crippen LogP contribution in [0.15, 0.2) is 65.2 Å². The minimum Gasteiger partial charge on any atom is -0.463 e. The Morgan fingerprint density at radius 2 is 1.97 bits per heavy atom. The van der Waals surface area contributed by atoms with Crippen LogP contribution >= 0.6 is 0 Å². The molecule has 0 unspecified atom stereocenters. The van der Waals surface area contributed by atoms with Crippen molar-refractivity contribution in [2.45, 2.75) is 50.5 Å². The number of benzene rings is 1. The summed E-state index contributed by atoms with van der Waals surface area (Å²) in [6.45, 7) is 9.98. The van der Waals surface area contributed by atoms with Crippen molar-refractivity contribution in [2.24, 2.45) is 11.3 Å². The van der Waals surface area contributed by atoms with Gasteiger partial charge in [0.15, 0.2) is 5.78 Å². The first-order valence-corrected chi connectivity index (χ1v) is 11.9. The Balaban J connectivity index is 1.82. The molecule has 0 saturated carbocycles. The lowest BCUT2D eigenvalue weighted by atomic mass is 9.64. The zero-order valence-electron chi connectivity index (χ0n) is 18.1. The second-order valence-corrected chi connectivity index (χ2v) is 10.6. The van der Waals surface area contributed by atoms with Crippen LogP contribution in [0.2, 0.25) is 0 Å². The zero-order valence-corrected chi connectivity index (χ0v) is 18.9. The number of rotatable bonds is 4. The number of allylic oxidation sites excluding steroid dienone is 3. The first kappa shape index (κ1) is 21.6. The standard InChI is InChI=1S/C24H27NO5S/c1-5-30-22(27)18-10-13-24(15-18)17(3)25(23(4)12-11-19(26)14-21(23)24)31(28,29)20-8-6-16(2)7-9-20/h6-12,21H,3,5,13-15H2,1-2,4H3/t21-,23+,24+/m0/s1. The molecule has 2 aliphatic carbocycles. The molecule has 7 heteroatoms. The monoisotopic (exact) mass is 441 g/mol. The topological polar surface area (TPSA) is 80.8 Å². The molecular weight excluding hydrogens is 414 g/mol. The number of sulfonamides is 1. The van der Waals surface area contributed by atoms with Crippen LogP contribution in [-0.2, 0) is 24.3 Å². The van der Waals surface area contributed by atoms with Crippen molar-refractivity contribution in [3.8, 4) is 0 Å². The van der Waals surface area contributed by atoms with Crippen molar-refractivity contribution < 1.29 is 22.7 Å². The SMILES string of the molecule is C=C1N(S(=O)(=O)c2ccc(C)cc2)[C@]2(C)C=CC(=O)C[C@@H]2[C@@]12CC=C(C(=O)OCC)C2. The summed E-state index contributed by atoms with van der Waals surface area (Å²) in [5, 5.41) is 0. The second kappa shape index (κ2) is 7.19. The molecule has 1 aromatic carbocycles. The summed E-state index contributed by atoms with van der Waals surface area (Å²) >= 11 is 0. The summed E-state index contributed by atoms with van der Waals surface area (Å²) in [5.41, 5.74) is 0.223. The summed E-state index contributed by atoms with van der Waals surface area (Å²) in [6.07, 6.45) is 5.93. The van der Waals surface area contributed by atoms with Crippen LogP contribution in [0.1, 0.15) is 38.7 Å². The van der Waals surface area contributed by atoms with Crippen LogP contribution in [0.25, 0.3) is 0 Å². The van der Waals surface area contributed by atoms with E-state index in [9.17, 15) is 18.0 Å². The van der Waals surface area contributed by atoms with Gasteiger partial charge in [-0.25, -0.2) is 13.2 Å². The smallest absolute Gasteiger partial charge is 0.333 e. The minimum atomic E-state index is -3.93. The zero-order chi connectivity index (χ0) is 22.6. The summed E-state index contributed by atoms with van der Waals surface area (Å²) in [7, 11) is -3.93. The highest BCUT2D eigenvalue weighted by atomic mass is 32.2. The van der Waals surface area contributed by atoms with Crippen LogP contribution in [0, 0.1) is 18.3 Å². The molecule has 0 N–H and O–H groups in total. The fourth-order valence-electron chi connectivity index (χ4n) is 5.39. The lowest BCUT2D eigenvalue weighted by molar-refractivity contribution is -0.138. The molecule has 1 heterocycles. The fraction of sp³-hybridized carbons (Fsp3) is 0.417. The summed E-state index contributed by atoms with van der Waals surface area (Å²) in [4.78, 5) is 25.0. The van der Waals surface area contributed by atoms with Gasteiger partial charge in [0.2, 0.25) is 0 Å². The number of nitrogens with zero attached hydrogens (tertiary/aromatic N) is 1. The van der Waals surface area contributed by atoms with Crippen molar-refractivity contribution in [3.63, 3.8) is 0 Å². The second-order valence-electron chi connectivity index (χ2n) is 8.80. The van der Waals surface area contributed by atoms with Gasteiger partial charge in [0.25, 0.3) is 10.0 Å². The third kappa shape index (κ3) is 3.09. The molecule has 3 aliphatic rings. The maximum Gasteiger partial charge on any atom is 0.333 e. The van der Waals surface area contributed by atoms with Crippen molar-refractivity contribution in [1.29, 1.82) is 0 Å². The Kier molecular flexibility index (Phi) is 5.00. The molecule has 31 heavy (non-hydrogen) atoms. The van der Waals surface area contributed by atoms with E-state index in [2.05, 4.69) is 6.58 Å². The van der Waals surface area contributed by atoms with E-state index in [1.807, 2.05) is 19.9 Å². The Bertz CT molecular complexity index is 1130. The van der Waals surface area contributed by atoms with Crippen LogP contribution in [0.3, 0.4) is 0 Å². The van der Waals surface area contributed by atoms with Gasteiger partial charge in [-0.1, -0.05) is 36.4 Å². The van der Waals surface area contributed by atoms with Gasteiger partial charge in [-0.2, -0.15) is 0 Å². The average molecular weight is 442 g/mol. The molecule has 0 bridgehead atoms. The number of ether oxygens (including phenoxy) is 1. The highest BCUT2D eigenvalue weighted by Gasteiger charge is 2.65. The van der Waals surface area contributed by atoms with Gasteiger partial charge in [-0.15, -0.1) is 0 Å². The van der Waals surface area contributed by atoms with E-state index in [0.717, 1.165) is 5.56 Å². The van der Waals surface area contributed by atoms with Crippen LogP contribution < -0.4 is 0 Å². The molecule has 0 aromatic heterocycles. The molecule has 6 nitrogen and oxygen atoms in total. The Morgan fingerprint density at radius 1 is 1.29 bits per heavy atom. The van der Waals surface area contributed by atoms with Gasteiger partial charge in [0.05, 0.1) is 17.0 Å². The van der Waals surface area contributed by atoms with Crippen molar-refractivity contribution in [3.05, 3.63) is 65.9 Å². The maximum absolute atomic E-state index is 13.8. The molecule has 164 valence electrons. The number of hydrogen-bond acceptors (Lipinski definition) is 5. The van der Waals surface area contributed by atoms with E-state index >= 15 is 0 Å². The summed E-state index contributed by atoms with van der Waals surface area (Å²) in [6, 6.07) is 6.71. The quantitative estimate of drug-likeness (QED) is 0.666. The van der Waals surface area contributed by atoms with Gasteiger partial charge in [-0.05, 0) is 51.8 Å². The van der Waals surface area contributed by atoms with E-state index in [4.69, 9.17) is 4.74 Å². The molecule has 1 aromatic rings. The number of aryl methyl sites for hydroxylation is 1. The average Bonchev–Trinajstić information content (AvgIpc) is 3.23. The van der Waals surface area contributed by atoms with Gasteiger partial charge < -0.3 is 4.74 Å². The molecule has 1 fully saturated rings. The first-order valence-electron chi connectivity index (χ1n) is 10.5. The number of fused-ring (bicyclic) bond motifs is 2. The third-order valence-corrected chi connectivity index (χ3v) is 8.92. The Hall–Kier alpha value is -2.67. The number of carbonyl (C=O) groups excluding carboxylic acids is 2. The lowest BCUT2D eigenvalue weighted by Crippen LogP contribution is -2.48. The number of ketones is 1. The molecule has 4 rings (SSSR count). The third-order valence-electron chi connectivity index (χ3n) is 6.96. The number of carbonyl (C=O) groups is 2. The van der Waals surface area contributed by atoms with Gasteiger partial charge in [0, 0.05) is 29.0 Å². The molecular formula is C24H27NO5S. The van der Waals surface area contributed by atoms with Gasteiger partial charge in [-0.3, -0.25) is 9.10 Å². The van der Waals surface area contributed by atoms with Crippen LogP contribution in [0.4, 0.5) is 0 Å². The fourth-order valence-corrected chi connectivity index (χ4v) is 7.25. The van der Waals surface area contributed by atoms with Gasteiger partial charge >= 0.3 is 5.97 Å². The van der Waals surface area contributed by atoms with Crippen LogP contribution in [-0.4, -0.2) is 36.6 Å². The van der Waals surface area contributed by atoms with E-state index in [-0.39, 0.29) is 29.6 Å². The Morgan fingerprint density at radius 3 is 2.61 bits per heavy atom. The van der Waals surface area contributed by atoms with E-state index in [1.165, 1.54) is 10.4 Å². The number of esters is 1. The predicted octanol–water partition coefficient (Wildman–Crippen LogP) is 3.69. The van der Waals surface area contributed by atoms with Crippen molar-refractivity contribution in [1.82, 2.24) is 4.31 Å². The molecule has 3 atom stereocenters. The molecule has 0 radical (unpaired) electrons.